The third-order valence-electron chi connectivity index (χ3n) is 6.74. The maximum absolute atomic E-state index is 13.4. The van der Waals surface area contributed by atoms with Crippen LogP contribution in [0, 0.1) is 21.7 Å². The molecule has 0 unspecified atom stereocenters. The fraction of sp³-hybridized carbons (Fsp3) is 0.676. The first-order valence-corrected chi connectivity index (χ1v) is 15.2. The van der Waals surface area contributed by atoms with Crippen LogP contribution in [-0.4, -0.2) is 79.6 Å². The Kier molecular flexibility index (Phi) is 12.1. The first-order valence-electron chi connectivity index (χ1n) is 15.2. The van der Waals surface area contributed by atoms with Gasteiger partial charge in [0, 0.05) is 6.21 Å². The molecule has 1 aliphatic rings. The molecule has 0 aromatic heterocycles. The van der Waals surface area contributed by atoms with E-state index in [1.807, 2.05) is 0 Å². The molecule has 5 atom stereocenters. The summed E-state index contributed by atoms with van der Waals surface area (Å²) < 4.78 is 34.9. The fourth-order valence-electron chi connectivity index (χ4n) is 3.77. The summed E-state index contributed by atoms with van der Waals surface area (Å²) in [6.07, 6.45) is -5.30. The molecule has 46 heavy (non-hydrogen) atoms. The standard InChI is InChI=1S/C34H51NO11/c1-31(2,3)27(37)42-18-22-23(44-28(38)32(4,5)6)24(45-29(39)33(7,8)9)25(46-30(40)34(10,11)12)26(43-22)35-17-19-14-15-21(41-13)20(36)16-19/h14-17,22-26,36H,18H2,1-13H3/t22-,23+,24+,25-,26-/m1/s1. The van der Waals surface area contributed by atoms with Gasteiger partial charge in [-0.05, 0) is 107 Å². The molecule has 258 valence electrons. The number of phenolic OH excluding ortho intramolecular Hbond substituents is 1. The molecule has 1 aromatic carbocycles. The lowest BCUT2D eigenvalue weighted by molar-refractivity contribution is -0.258. The van der Waals surface area contributed by atoms with E-state index in [1.165, 1.54) is 19.4 Å². The van der Waals surface area contributed by atoms with Gasteiger partial charge >= 0.3 is 23.9 Å². The largest absolute Gasteiger partial charge is 0.504 e. The van der Waals surface area contributed by atoms with Gasteiger partial charge in [-0.2, -0.15) is 0 Å². The van der Waals surface area contributed by atoms with E-state index < -0.39 is 82.8 Å². The summed E-state index contributed by atoms with van der Waals surface area (Å²) in [7, 11) is 1.42. The lowest BCUT2D eigenvalue weighted by Gasteiger charge is -2.45. The molecule has 1 aliphatic heterocycles. The summed E-state index contributed by atoms with van der Waals surface area (Å²) in [4.78, 5) is 57.2. The zero-order valence-corrected chi connectivity index (χ0v) is 29.4. The average molecular weight is 650 g/mol. The van der Waals surface area contributed by atoms with Gasteiger partial charge in [-0.15, -0.1) is 0 Å². The number of esters is 4. The highest BCUT2D eigenvalue weighted by molar-refractivity contribution is 5.81. The quantitative estimate of drug-likeness (QED) is 0.229. The molecular formula is C34H51NO11. The molecule has 0 radical (unpaired) electrons. The molecule has 0 saturated carbocycles. The van der Waals surface area contributed by atoms with E-state index in [1.54, 1.807) is 95.2 Å². The van der Waals surface area contributed by atoms with Crippen LogP contribution in [0.15, 0.2) is 23.2 Å². The highest BCUT2D eigenvalue weighted by Crippen LogP contribution is 2.35. The van der Waals surface area contributed by atoms with Crippen LogP contribution in [0.4, 0.5) is 0 Å². The minimum atomic E-state index is -1.41. The van der Waals surface area contributed by atoms with Crippen molar-refractivity contribution < 1.29 is 52.7 Å². The number of nitrogens with zero attached hydrogens (tertiary/aromatic N) is 1. The van der Waals surface area contributed by atoms with Crippen LogP contribution in [0.3, 0.4) is 0 Å². The highest BCUT2D eigenvalue weighted by atomic mass is 16.7. The predicted molar refractivity (Wildman–Crippen MR) is 169 cm³/mol. The van der Waals surface area contributed by atoms with Gasteiger partial charge in [0.15, 0.2) is 36.0 Å². The van der Waals surface area contributed by atoms with Gasteiger partial charge in [-0.25, -0.2) is 0 Å². The van der Waals surface area contributed by atoms with Crippen LogP contribution in [0.2, 0.25) is 0 Å². The Bertz CT molecular complexity index is 1290. The Morgan fingerprint density at radius 2 is 1.20 bits per heavy atom. The number of phenols is 1. The van der Waals surface area contributed by atoms with Gasteiger partial charge in [-0.3, -0.25) is 24.2 Å². The van der Waals surface area contributed by atoms with Crippen LogP contribution in [0.5, 0.6) is 11.5 Å². The number of hydrogen-bond donors (Lipinski definition) is 1. The zero-order valence-electron chi connectivity index (χ0n) is 29.4. The molecule has 1 fully saturated rings. The summed E-state index contributed by atoms with van der Waals surface area (Å²) in [6, 6.07) is 4.59. The van der Waals surface area contributed by atoms with Gasteiger partial charge in [0.1, 0.15) is 12.7 Å². The van der Waals surface area contributed by atoms with Crippen molar-refractivity contribution in [1.82, 2.24) is 0 Å². The number of rotatable bonds is 8. The number of carbonyl (C=O) groups excluding carboxylic acids is 4. The number of ether oxygens (including phenoxy) is 6. The molecule has 1 saturated heterocycles. The number of hydrogen-bond acceptors (Lipinski definition) is 12. The second-order valence-electron chi connectivity index (χ2n) is 15.5. The summed E-state index contributed by atoms with van der Waals surface area (Å²) in [5.74, 6) is -2.40. The van der Waals surface area contributed by atoms with Crippen molar-refractivity contribution >= 4 is 30.1 Å². The van der Waals surface area contributed by atoms with E-state index in [9.17, 15) is 24.3 Å². The van der Waals surface area contributed by atoms with E-state index in [0.29, 0.717) is 5.56 Å². The average Bonchev–Trinajstić information content (AvgIpc) is 2.90. The topological polar surface area (TPSA) is 156 Å². The number of methoxy groups -OCH3 is 1. The smallest absolute Gasteiger partial charge is 0.311 e. The van der Waals surface area contributed by atoms with Crippen LogP contribution < -0.4 is 4.74 Å². The molecule has 1 heterocycles. The van der Waals surface area contributed by atoms with Crippen molar-refractivity contribution in [2.45, 2.75) is 114 Å². The second kappa shape index (κ2) is 14.4. The minimum Gasteiger partial charge on any atom is -0.504 e. The third-order valence-corrected chi connectivity index (χ3v) is 6.74. The highest BCUT2D eigenvalue weighted by Gasteiger charge is 2.54. The molecule has 0 aliphatic carbocycles. The summed E-state index contributed by atoms with van der Waals surface area (Å²) in [5.41, 5.74) is -3.37. The molecule has 2 rings (SSSR count). The van der Waals surface area contributed by atoms with E-state index in [-0.39, 0.29) is 11.5 Å². The van der Waals surface area contributed by atoms with Crippen LogP contribution in [0.25, 0.3) is 0 Å². The van der Waals surface area contributed by atoms with Gasteiger partial charge in [0.05, 0.1) is 28.8 Å². The van der Waals surface area contributed by atoms with Gasteiger partial charge < -0.3 is 33.5 Å². The lowest BCUT2D eigenvalue weighted by Crippen LogP contribution is -2.63. The van der Waals surface area contributed by atoms with Gasteiger partial charge in [-0.1, -0.05) is 0 Å². The van der Waals surface area contributed by atoms with Crippen molar-refractivity contribution in [3.05, 3.63) is 23.8 Å². The molecule has 1 aromatic rings. The number of aliphatic imine (C=N–C) groups is 1. The van der Waals surface area contributed by atoms with Crippen molar-refractivity contribution in [2.75, 3.05) is 13.7 Å². The van der Waals surface area contributed by atoms with E-state index in [0.717, 1.165) is 0 Å². The summed E-state index contributed by atoms with van der Waals surface area (Å²) in [5, 5.41) is 10.3. The van der Waals surface area contributed by atoms with Crippen molar-refractivity contribution in [3.8, 4) is 11.5 Å². The molecule has 0 bridgehead atoms. The molecule has 0 spiro atoms. The summed E-state index contributed by atoms with van der Waals surface area (Å²) in [6.45, 7) is 19.5. The fourth-order valence-corrected chi connectivity index (χ4v) is 3.77. The lowest BCUT2D eigenvalue weighted by atomic mass is 9.92. The zero-order chi connectivity index (χ0) is 35.4. The Hall–Kier alpha value is -3.67. The van der Waals surface area contributed by atoms with Crippen LogP contribution >= 0.6 is 0 Å². The molecule has 0 amide bonds. The molecule has 1 N–H and O–H groups in total. The second-order valence-corrected chi connectivity index (χ2v) is 15.5. The van der Waals surface area contributed by atoms with Gasteiger partial charge in [0.2, 0.25) is 0 Å². The summed E-state index contributed by atoms with van der Waals surface area (Å²) >= 11 is 0. The molecular weight excluding hydrogens is 598 g/mol. The first-order chi connectivity index (χ1) is 20.9. The minimum absolute atomic E-state index is 0.134. The van der Waals surface area contributed by atoms with Crippen molar-refractivity contribution in [1.29, 1.82) is 0 Å². The number of benzene rings is 1. The predicted octanol–water partition coefficient (Wildman–Crippen LogP) is 5.01. The molecule has 12 nitrogen and oxygen atoms in total. The first kappa shape index (κ1) is 38.5. The van der Waals surface area contributed by atoms with Crippen molar-refractivity contribution in [3.63, 3.8) is 0 Å². The van der Waals surface area contributed by atoms with E-state index >= 15 is 0 Å². The van der Waals surface area contributed by atoms with Crippen LogP contribution in [0.1, 0.15) is 88.6 Å². The maximum Gasteiger partial charge on any atom is 0.311 e. The normalized spacial score (nSPS) is 22.6. The van der Waals surface area contributed by atoms with Crippen LogP contribution in [-0.2, 0) is 42.9 Å². The Morgan fingerprint density at radius 3 is 1.63 bits per heavy atom. The Labute approximate surface area is 272 Å². The third kappa shape index (κ3) is 10.4. The van der Waals surface area contributed by atoms with E-state index in [2.05, 4.69) is 4.99 Å². The SMILES string of the molecule is COc1ccc(C=N[C@@H]2O[C@H](COC(=O)C(C)(C)C)[C@H](OC(=O)C(C)(C)C)[C@H](OC(=O)C(C)(C)C)[C@H]2OC(=O)C(C)(C)C)cc1O. The number of carbonyl (C=O) groups is 4. The Balaban J connectivity index is 2.74. The maximum atomic E-state index is 13.4. The van der Waals surface area contributed by atoms with E-state index in [4.69, 9.17) is 28.4 Å². The molecule has 12 heteroatoms. The van der Waals surface area contributed by atoms with Crippen molar-refractivity contribution in [2.24, 2.45) is 26.7 Å². The monoisotopic (exact) mass is 649 g/mol. The number of aromatic hydroxyl groups is 1. The Morgan fingerprint density at radius 1 is 0.739 bits per heavy atom. The van der Waals surface area contributed by atoms with Gasteiger partial charge in [0.25, 0.3) is 0 Å².